The summed E-state index contributed by atoms with van der Waals surface area (Å²) in [5.74, 6) is -0.749. The molecule has 0 bridgehead atoms. The van der Waals surface area contributed by atoms with Crippen LogP contribution in [0.3, 0.4) is 0 Å². The van der Waals surface area contributed by atoms with Gasteiger partial charge in [0.05, 0.1) is 23.9 Å². The number of aryl methyl sites for hydroxylation is 1. The van der Waals surface area contributed by atoms with E-state index in [0.717, 1.165) is 11.1 Å². The molecule has 8 heteroatoms. The minimum Gasteiger partial charge on any atom is -0.452 e. The van der Waals surface area contributed by atoms with Crippen molar-refractivity contribution in [1.82, 2.24) is 15.6 Å². The van der Waals surface area contributed by atoms with Crippen molar-refractivity contribution in [3.8, 4) is 22.8 Å². The third-order valence-corrected chi connectivity index (χ3v) is 4.37. The van der Waals surface area contributed by atoms with E-state index >= 15 is 0 Å². The average molecular weight is 421 g/mol. The standard InChI is InChI=1S/C23H23N3O5/c1-3-24-20(27)13-25-21(28)14-30-23(29)18-7-5-4-6-17(18)22-26-12-19(31-22)16-10-8-15(2)9-11-16/h4-12H,3,13-14H2,1-2H3,(H,24,27)(H,25,28). The molecule has 0 saturated carbocycles. The largest absolute Gasteiger partial charge is 0.452 e. The molecular weight excluding hydrogens is 398 g/mol. The minimum absolute atomic E-state index is 0.182. The molecule has 1 aromatic heterocycles. The lowest BCUT2D eigenvalue weighted by Crippen LogP contribution is -2.38. The molecule has 2 N–H and O–H groups in total. The zero-order valence-corrected chi connectivity index (χ0v) is 17.3. The predicted octanol–water partition coefficient (Wildman–Crippen LogP) is 2.73. The van der Waals surface area contributed by atoms with Crippen molar-refractivity contribution < 1.29 is 23.5 Å². The van der Waals surface area contributed by atoms with Crippen LogP contribution in [0.25, 0.3) is 22.8 Å². The van der Waals surface area contributed by atoms with Crippen molar-refractivity contribution >= 4 is 17.8 Å². The van der Waals surface area contributed by atoms with E-state index in [1.165, 1.54) is 0 Å². The van der Waals surface area contributed by atoms with Crippen LogP contribution in [-0.4, -0.2) is 42.5 Å². The van der Waals surface area contributed by atoms with Gasteiger partial charge < -0.3 is 19.8 Å². The molecule has 0 unspecified atom stereocenters. The number of amides is 2. The Hall–Kier alpha value is -3.94. The van der Waals surface area contributed by atoms with Crippen LogP contribution < -0.4 is 10.6 Å². The zero-order valence-electron chi connectivity index (χ0n) is 17.3. The zero-order chi connectivity index (χ0) is 22.2. The molecule has 0 atom stereocenters. The number of nitrogens with zero attached hydrogens (tertiary/aromatic N) is 1. The Morgan fingerprint density at radius 1 is 1.00 bits per heavy atom. The SMILES string of the molecule is CCNC(=O)CNC(=O)COC(=O)c1ccccc1-c1ncc(-c2ccc(C)cc2)o1. The number of hydrogen-bond acceptors (Lipinski definition) is 6. The molecule has 160 valence electrons. The highest BCUT2D eigenvalue weighted by Gasteiger charge is 2.19. The van der Waals surface area contributed by atoms with Crippen LogP contribution in [0.2, 0.25) is 0 Å². The van der Waals surface area contributed by atoms with Gasteiger partial charge in [-0.3, -0.25) is 9.59 Å². The number of hydrogen-bond donors (Lipinski definition) is 2. The Morgan fingerprint density at radius 3 is 2.48 bits per heavy atom. The number of esters is 1. The maximum atomic E-state index is 12.5. The monoisotopic (exact) mass is 421 g/mol. The Balaban J connectivity index is 1.68. The topological polar surface area (TPSA) is 111 Å². The Kier molecular flexibility index (Phi) is 7.16. The fraction of sp³-hybridized carbons (Fsp3) is 0.217. The van der Waals surface area contributed by atoms with Crippen molar-refractivity contribution in [3.63, 3.8) is 0 Å². The molecular formula is C23H23N3O5. The lowest BCUT2D eigenvalue weighted by molar-refractivity contribution is -0.127. The van der Waals surface area contributed by atoms with Gasteiger partial charge in [0.25, 0.3) is 5.91 Å². The summed E-state index contributed by atoms with van der Waals surface area (Å²) in [6.07, 6.45) is 1.59. The molecule has 0 saturated heterocycles. The van der Waals surface area contributed by atoms with Gasteiger partial charge in [-0.2, -0.15) is 0 Å². The summed E-state index contributed by atoms with van der Waals surface area (Å²) < 4.78 is 11.0. The van der Waals surface area contributed by atoms with E-state index in [-0.39, 0.29) is 23.9 Å². The normalized spacial score (nSPS) is 10.4. The second kappa shape index (κ2) is 10.2. The van der Waals surface area contributed by atoms with Crippen molar-refractivity contribution in [2.75, 3.05) is 19.7 Å². The highest BCUT2D eigenvalue weighted by atomic mass is 16.5. The van der Waals surface area contributed by atoms with E-state index in [9.17, 15) is 14.4 Å². The highest BCUT2D eigenvalue weighted by Crippen LogP contribution is 2.28. The number of oxazole rings is 1. The van der Waals surface area contributed by atoms with Gasteiger partial charge in [0.15, 0.2) is 12.4 Å². The van der Waals surface area contributed by atoms with E-state index in [4.69, 9.17) is 9.15 Å². The molecule has 0 aliphatic carbocycles. The number of carbonyl (C=O) groups excluding carboxylic acids is 3. The Bertz CT molecular complexity index is 1070. The van der Waals surface area contributed by atoms with E-state index < -0.39 is 18.5 Å². The first kappa shape index (κ1) is 21.8. The van der Waals surface area contributed by atoms with Gasteiger partial charge in [-0.1, -0.05) is 42.0 Å². The molecule has 2 aromatic carbocycles. The average Bonchev–Trinajstić information content (AvgIpc) is 3.27. The number of ether oxygens (including phenoxy) is 1. The van der Waals surface area contributed by atoms with Crippen molar-refractivity contribution in [2.45, 2.75) is 13.8 Å². The van der Waals surface area contributed by atoms with E-state index in [1.54, 1.807) is 37.4 Å². The third kappa shape index (κ3) is 5.79. The second-order valence-corrected chi connectivity index (χ2v) is 6.75. The van der Waals surface area contributed by atoms with Gasteiger partial charge in [-0.15, -0.1) is 0 Å². The summed E-state index contributed by atoms with van der Waals surface area (Å²) in [6.45, 7) is 3.55. The fourth-order valence-corrected chi connectivity index (χ4v) is 2.80. The molecule has 31 heavy (non-hydrogen) atoms. The van der Waals surface area contributed by atoms with Crippen LogP contribution >= 0.6 is 0 Å². The van der Waals surface area contributed by atoms with E-state index in [1.807, 2.05) is 31.2 Å². The van der Waals surface area contributed by atoms with Crippen LogP contribution in [-0.2, 0) is 14.3 Å². The van der Waals surface area contributed by atoms with E-state index in [2.05, 4.69) is 15.6 Å². The molecule has 3 aromatic rings. The van der Waals surface area contributed by atoms with E-state index in [0.29, 0.717) is 17.9 Å². The third-order valence-electron chi connectivity index (χ3n) is 4.37. The molecule has 0 fully saturated rings. The minimum atomic E-state index is -0.696. The number of rotatable bonds is 8. The number of aromatic nitrogens is 1. The smallest absolute Gasteiger partial charge is 0.339 e. The molecule has 1 heterocycles. The first-order valence-corrected chi connectivity index (χ1v) is 9.80. The fourth-order valence-electron chi connectivity index (χ4n) is 2.80. The number of likely N-dealkylation sites (N-methyl/N-ethyl adjacent to an activating group) is 1. The molecule has 3 rings (SSSR count). The van der Waals surface area contributed by atoms with Crippen molar-refractivity contribution in [3.05, 3.63) is 65.9 Å². The summed E-state index contributed by atoms with van der Waals surface area (Å²) in [4.78, 5) is 40.0. The van der Waals surface area contributed by atoms with Crippen LogP contribution in [0.5, 0.6) is 0 Å². The van der Waals surface area contributed by atoms with Crippen molar-refractivity contribution in [1.29, 1.82) is 0 Å². The first-order valence-electron chi connectivity index (χ1n) is 9.80. The molecule has 0 aliphatic heterocycles. The lowest BCUT2D eigenvalue weighted by Gasteiger charge is -2.08. The maximum Gasteiger partial charge on any atom is 0.339 e. The summed E-state index contributed by atoms with van der Waals surface area (Å²) >= 11 is 0. The molecule has 2 amide bonds. The van der Waals surface area contributed by atoms with Gasteiger partial charge >= 0.3 is 5.97 Å². The number of nitrogens with one attached hydrogen (secondary N) is 2. The highest BCUT2D eigenvalue weighted by molar-refractivity contribution is 5.97. The lowest BCUT2D eigenvalue weighted by atomic mass is 10.1. The maximum absolute atomic E-state index is 12.5. The van der Waals surface area contributed by atoms with Gasteiger partial charge in [0, 0.05) is 12.1 Å². The number of benzene rings is 2. The summed E-state index contributed by atoms with van der Waals surface area (Å²) in [5, 5.41) is 4.94. The molecule has 8 nitrogen and oxygen atoms in total. The molecule has 0 aliphatic rings. The van der Waals surface area contributed by atoms with Gasteiger partial charge in [0.1, 0.15) is 0 Å². The summed E-state index contributed by atoms with van der Waals surface area (Å²) in [7, 11) is 0. The first-order chi connectivity index (χ1) is 15.0. The van der Waals surface area contributed by atoms with Gasteiger partial charge in [-0.05, 0) is 26.0 Å². The van der Waals surface area contributed by atoms with Gasteiger partial charge in [0.2, 0.25) is 11.8 Å². The molecule has 0 spiro atoms. The Morgan fingerprint density at radius 2 is 1.74 bits per heavy atom. The Labute approximate surface area is 179 Å². The summed E-state index contributed by atoms with van der Waals surface area (Å²) in [5.41, 5.74) is 2.67. The molecule has 0 radical (unpaired) electrons. The quantitative estimate of drug-likeness (QED) is 0.541. The van der Waals surface area contributed by atoms with Gasteiger partial charge in [-0.25, -0.2) is 9.78 Å². The second-order valence-electron chi connectivity index (χ2n) is 6.75. The van der Waals surface area contributed by atoms with Crippen LogP contribution in [0.4, 0.5) is 0 Å². The van der Waals surface area contributed by atoms with Crippen LogP contribution in [0.15, 0.2) is 59.1 Å². The van der Waals surface area contributed by atoms with Crippen LogP contribution in [0, 0.1) is 6.92 Å². The van der Waals surface area contributed by atoms with Crippen molar-refractivity contribution in [2.24, 2.45) is 0 Å². The predicted molar refractivity (Wildman–Crippen MR) is 114 cm³/mol. The number of carbonyl (C=O) groups is 3. The van der Waals surface area contributed by atoms with Crippen LogP contribution in [0.1, 0.15) is 22.8 Å². The summed E-state index contributed by atoms with van der Waals surface area (Å²) in [6, 6.07) is 14.5.